The Morgan fingerprint density at radius 3 is 2.70 bits per heavy atom. The standard InChI is InChI=1S/C18H28N2O3/c1-20(13-15-10-6-7-11-16(15)21)18(22)19-12-17(23-2)14-8-4-3-5-9-14/h3-5,8-9,15-17,21H,6-7,10-13H2,1-2H3,(H,19,22). The Morgan fingerprint density at radius 1 is 1.35 bits per heavy atom. The SMILES string of the molecule is COC(CNC(=O)N(C)CC1CCCCC1O)c1ccccc1. The van der Waals surface area contributed by atoms with Gasteiger partial charge in [-0.2, -0.15) is 0 Å². The molecule has 1 fully saturated rings. The average Bonchev–Trinajstić information content (AvgIpc) is 2.58. The number of nitrogens with zero attached hydrogens (tertiary/aromatic N) is 1. The Bertz CT molecular complexity index is 480. The lowest BCUT2D eigenvalue weighted by atomic mass is 9.86. The van der Waals surface area contributed by atoms with Gasteiger partial charge in [0, 0.05) is 33.2 Å². The summed E-state index contributed by atoms with van der Waals surface area (Å²) >= 11 is 0. The highest BCUT2D eigenvalue weighted by Crippen LogP contribution is 2.24. The van der Waals surface area contributed by atoms with Crippen molar-refractivity contribution in [3.63, 3.8) is 0 Å². The van der Waals surface area contributed by atoms with E-state index in [-0.39, 0.29) is 24.2 Å². The number of aliphatic hydroxyl groups is 1. The van der Waals surface area contributed by atoms with Crippen molar-refractivity contribution in [2.24, 2.45) is 5.92 Å². The molecule has 5 nitrogen and oxygen atoms in total. The number of ether oxygens (including phenoxy) is 1. The van der Waals surface area contributed by atoms with Crippen LogP contribution in [0.1, 0.15) is 37.4 Å². The second-order valence-electron chi connectivity index (χ2n) is 6.31. The monoisotopic (exact) mass is 320 g/mol. The molecule has 2 rings (SSSR count). The number of hydrogen-bond donors (Lipinski definition) is 2. The minimum atomic E-state index is -0.282. The van der Waals surface area contributed by atoms with Gasteiger partial charge in [-0.25, -0.2) is 4.79 Å². The van der Waals surface area contributed by atoms with Crippen LogP contribution in [-0.2, 0) is 4.74 Å². The molecular weight excluding hydrogens is 292 g/mol. The van der Waals surface area contributed by atoms with Gasteiger partial charge in [0.05, 0.1) is 12.2 Å². The van der Waals surface area contributed by atoms with Gasteiger partial charge in [0.25, 0.3) is 0 Å². The fraction of sp³-hybridized carbons (Fsp3) is 0.611. The van der Waals surface area contributed by atoms with Crippen LogP contribution in [0.3, 0.4) is 0 Å². The molecule has 2 N–H and O–H groups in total. The van der Waals surface area contributed by atoms with E-state index in [0.29, 0.717) is 13.1 Å². The maximum absolute atomic E-state index is 12.3. The van der Waals surface area contributed by atoms with E-state index in [1.165, 1.54) is 0 Å². The van der Waals surface area contributed by atoms with Crippen molar-refractivity contribution in [2.45, 2.75) is 37.9 Å². The van der Waals surface area contributed by atoms with Crippen molar-refractivity contribution < 1.29 is 14.6 Å². The number of rotatable bonds is 6. The Morgan fingerprint density at radius 2 is 2.04 bits per heavy atom. The molecule has 1 aliphatic rings. The third-order valence-electron chi connectivity index (χ3n) is 4.62. The molecule has 3 unspecified atom stereocenters. The van der Waals surface area contributed by atoms with Crippen molar-refractivity contribution in [1.29, 1.82) is 0 Å². The van der Waals surface area contributed by atoms with Crippen LogP contribution in [0, 0.1) is 5.92 Å². The fourth-order valence-electron chi connectivity index (χ4n) is 3.16. The van der Waals surface area contributed by atoms with E-state index in [0.717, 1.165) is 31.2 Å². The van der Waals surface area contributed by atoms with E-state index in [4.69, 9.17) is 4.74 Å². The molecule has 1 aliphatic carbocycles. The summed E-state index contributed by atoms with van der Waals surface area (Å²) < 4.78 is 5.46. The number of benzene rings is 1. The summed E-state index contributed by atoms with van der Waals surface area (Å²) in [7, 11) is 3.42. The van der Waals surface area contributed by atoms with Crippen LogP contribution in [0.4, 0.5) is 4.79 Å². The number of carbonyl (C=O) groups excluding carboxylic acids is 1. The maximum atomic E-state index is 12.3. The molecular formula is C18H28N2O3. The van der Waals surface area contributed by atoms with E-state index < -0.39 is 0 Å². The van der Waals surface area contributed by atoms with Gasteiger partial charge in [-0.1, -0.05) is 43.2 Å². The topological polar surface area (TPSA) is 61.8 Å². The Labute approximate surface area is 138 Å². The zero-order chi connectivity index (χ0) is 16.7. The van der Waals surface area contributed by atoms with Crippen molar-refractivity contribution in [1.82, 2.24) is 10.2 Å². The van der Waals surface area contributed by atoms with E-state index in [9.17, 15) is 9.90 Å². The zero-order valence-electron chi connectivity index (χ0n) is 14.1. The first-order valence-electron chi connectivity index (χ1n) is 8.36. The minimum Gasteiger partial charge on any atom is -0.393 e. The summed E-state index contributed by atoms with van der Waals surface area (Å²) in [6.07, 6.45) is 3.62. The second kappa shape index (κ2) is 8.89. The molecule has 23 heavy (non-hydrogen) atoms. The molecule has 0 radical (unpaired) electrons. The van der Waals surface area contributed by atoms with Crippen molar-refractivity contribution in [3.05, 3.63) is 35.9 Å². The van der Waals surface area contributed by atoms with E-state index in [2.05, 4.69) is 5.32 Å². The quantitative estimate of drug-likeness (QED) is 0.847. The molecule has 1 saturated carbocycles. The summed E-state index contributed by atoms with van der Waals surface area (Å²) in [4.78, 5) is 13.9. The number of urea groups is 1. The van der Waals surface area contributed by atoms with Crippen LogP contribution in [0.2, 0.25) is 0 Å². The van der Waals surface area contributed by atoms with Gasteiger partial charge >= 0.3 is 6.03 Å². The predicted octanol–water partition coefficient (Wildman–Crippen LogP) is 2.57. The average molecular weight is 320 g/mol. The predicted molar refractivity (Wildman–Crippen MR) is 90.2 cm³/mol. The molecule has 0 saturated heterocycles. The third kappa shape index (κ3) is 5.22. The lowest BCUT2D eigenvalue weighted by Gasteiger charge is -2.31. The summed E-state index contributed by atoms with van der Waals surface area (Å²) in [5.74, 6) is 0.187. The third-order valence-corrected chi connectivity index (χ3v) is 4.62. The minimum absolute atomic E-state index is 0.124. The molecule has 0 aromatic heterocycles. The largest absolute Gasteiger partial charge is 0.393 e. The lowest BCUT2D eigenvalue weighted by Crippen LogP contribution is -2.44. The molecule has 1 aromatic rings. The molecule has 0 heterocycles. The van der Waals surface area contributed by atoms with E-state index in [1.54, 1.807) is 19.1 Å². The molecule has 0 spiro atoms. The molecule has 0 aliphatic heterocycles. The van der Waals surface area contributed by atoms with Crippen LogP contribution >= 0.6 is 0 Å². The number of hydrogen-bond acceptors (Lipinski definition) is 3. The molecule has 3 atom stereocenters. The molecule has 0 bridgehead atoms. The van der Waals surface area contributed by atoms with Crippen molar-refractivity contribution in [2.75, 3.05) is 27.2 Å². The normalized spacial score (nSPS) is 22.4. The van der Waals surface area contributed by atoms with Gasteiger partial charge in [0.1, 0.15) is 0 Å². The van der Waals surface area contributed by atoms with Gasteiger partial charge in [-0.15, -0.1) is 0 Å². The van der Waals surface area contributed by atoms with E-state index >= 15 is 0 Å². The molecule has 5 heteroatoms. The fourth-order valence-corrected chi connectivity index (χ4v) is 3.16. The van der Waals surface area contributed by atoms with Crippen LogP contribution in [-0.4, -0.2) is 49.4 Å². The summed E-state index contributed by atoms with van der Waals surface area (Å²) in [5, 5.41) is 12.9. The Kier molecular flexibility index (Phi) is 6.86. The molecule has 128 valence electrons. The number of carbonyl (C=O) groups is 1. The van der Waals surface area contributed by atoms with Crippen LogP contribution in [0.25, 0.3) is 0 Å². The van der Waals surface area contributed by atoms with Crippen molar-refractivity contribution >= 4 is 6.03 Å². The number of amides is 2. The van der Waals surface area contributed by atoms with Crippen LogP contribution < -0.4 is 5.32 Å². The zero-order valence-corrected chi connectivity index (χ0v) is 14.1. The second-order valence-corrected chi connectivity index (χ2v) is 6.31. The molecule has 1 aromatic carbocycles. The van der Waals surface area contributed by atoms with Crippen LogP contribution in [0.15, 0.2) is 30.3 Å². The van der Waals surface area contributed by atoms with Gasteiger partial charge in [0.2, 0.25) is 0 Å². The number of aliphatic hydroxyl groups excluding tert-OH is 1. The first-order chi connectivity index (χ1) is 11.1. The maximum Gasteiger partial charge on any atom is 0.317 e. The first kappa shape index (κ1) is 17.8. The Hall–Kier alpha value is -1.59. The first-order valence-corrected chi connectivity index (χ1v) is 8.36. The van der Waals surface area contributed by atoms with Crippen molar-refractivity contribution in [3.8, 4) is 0 Å². The van der Waals surface area contributed by atoms with Gasteiger partial charge in [-0.05, 0) is 18.4 Å². The highest BCUT2D eigenvalue weighted by atomic mass is 16.5. The summed E-state index contributed by atoms with van der Waals surface area (Å²) in [6, 6.07) is 9.73. The summed E-state index contributed by atoms with van der Waals surface area (Å²) in [5.41, 5.74) is 1.04. The highest BCUT2D eigenvalue weighted by Gasteiger charge is 2.25. The molecule has 2 amide bonds. The number of methoxy groups -OCH3 is 1. The number of nitrogens with one attached hydrogen (secondary N) is 1. The Balaban J connectivity index is 1.81. The lowest BCUT2D eigenvalue weighted by molar-refractivity contribution is 0.0556. The highest BCUT2D eigenvalue weighted by molar-refractivity contribution is 5.73. The van der Waals surface area contributed by atoms with Gasteiger partial charge in [-0.3, -0.25) is 0 Å². The summed E-state index contributed by atoms with van der Waals surface area (Å²) in [6.45, 7) is 1.02. The van der Waals surface area contributed by atoms with Gasteiger partial charge in [0.15, 0.2) is 0 Å². The smallest absolute Gasteiger partial charge is 0.317 e. The van der Waals surface area contributed by atoms with Crippen LogP contribution in [0.5, 0.6) is 0 Å². The van der Waals surface area contributed by atoms with Gasteiger partial charge < -0.3 is 20.1 Å². The van der Waals surface area contributed by atoms with E-state index in [1.807, 2.05) is 30.3 Å².